The second-order valence-electron chi connectivity index (χ2n) is 3.07. The number of aliphatic carboxylic acids is 1. The Morgan fingerprint density at radius 3 is 3.09 bits per heavy atom. The lowest BCUT2D eigenvalue weighted by atomic mass is 10.0. The average Bonchev–Trinajstić information content (AvgIpc) is 2.14. The van der Waals surface area contributed by atoms with Crippen LogP contribution in [-0.4, -0.2) is 11.1 Å². The van der Waals surface area contributed by atoms with Gasteiger partial charge in [0.1, 0.15) is 0 Å². The van der Waals surface area contributed by atoms with Crippen LogP contribution in [0.1, 0.15) is 32.1 Å². The standard InChI is InChI=1S/C9H14O2/c10-9(11)7-8-5-3-1-2-4-6-8/h3,5,8H,1-2,4,6-7H2,(H,10,11). The van der Waals surface area contributed by atoms with Crippen LogP contribution in [-0.2, 0) is 4.79 Å². The summed E-state index contributed by atoms with van der Waals surface area (Å²) in [6.45, 7) is 0. The van der Waals surface area contributed by atoms with Crippen LogP contribution in [0.4, 0.5) is 0 Å². The van der Waals surface area contributed by atoms with Crippen molar-refractivity contribution in [3.8, 4) is 0 Å². The molecule has 11 heavy (non-hydrogen) atoms. The van der Waals surface area contributed by atoms with Gasteiger partial charge in [0.25, 0.3) is 0 Å². The van der Waals surface area contributed by atoms with Crippen molar-refractivity contribution >= 4 is 5.97 Å². The van der Waals surface area contributed by atoms with Crippen LogP contribution in [0.2, 0.25) is 0 Å². The second-order valence-corrected chi connectivity index (χ2v) is 3.07. The van der Waals surface area contributed by atoms with Gasteiger partial charge in [-0.2, -0.15) is 0 Å². The molecule has 0 spiro atoms. The van der Waals surface area contributed by atoms with Crippen LogP contribution >= 0.6 is 0 Å². The minimum atomic E-state index is -0.679. The van der Waals surface area contributed by atoms with Crippen molar-refractivity contribution in [2.45, 2.75) is 32.1 Å². The largest absolute Gasteiger partial charge is 0.481 e. The highest BCUT2D eigenvalue weighted by Gasteiger charge is 2.10. The first kappa shape index (κ1) is 8.31. The van der Waals surface area contributed by atoms with E-state index in [1.165, 1.54) is 12.8 Å². The van der Waals surface area contributed by atoms with Gasteiger partial charge in [-0.15, -0.1) is 0 Å². The molecule has 1 aliphatic carbocycles. The van der Waals surface area contributed by atoms with E-state index in [2.05, 4.69) is 12.2 Å². The van der Waals surface area contributed by atoms with Gasteiger partial charge in [-0.25, -0.2) is 0 Å². The third-order valence-corrected chi connectivity index (χ3v) is 2.04. The van der Waals surface area contributed by atoms with Crippen LogP contribution in [0, 0.1) is 5.92 Å². The van der Waals surface area contributed by atoms with E-state index >= 15 is 0 Å². The number of carbonyl (C=O) groups is 1. The molecule has 1 aliphatic rings. The van der Waals surface area contributed by atoms with Crippen molar-refractivity contribution in [1.29, 1.82) is 0 Å². The normalized spacial score (nSPS) is 24.5. The molecular weight excluding hydrogens is 140 g/mol. The van der Waals surface area contributed by atoms with Crippen molar-refractivity contribution in [3.05, 3.63) is 12.2 Å². The first-order valence-corrected chi connectivity index (χ1v) is 4.17. The number of carboxylic acids is 1. The third kappa shape index (κ3) is 3.21. The summed E-state index contributed by atoms with van der Waals surface area (Å²) in [6.07, 6.45) is 9.02. The topological polar surface area (TPSA) is 37.3 Å². The van der Waals surface area contributed by atoms with Crippen molar-refractivity contribution in [3.63, 3.8) is 0 Å². The maximum Gasteiger partial charge on any atom is 0.303 e. The molecule has 62 valence electrons. The molecule has 1 unspecified atom stereocenters. The van der Waals surface area contributed by atoms with Gasteiger partial charge in [-0.3, -0.25) is 4.79 Å². The summed E-state index contributed by atoms with van der Waals surface area (Å²) < 4.78 is 0. The van der Waals surface area contributed by atoms with Gasteiger partial charge in [0.05, 0.1) is 6.42 Å². The lowest BCUT2D eigenvalue weighted by Crippen LogP contribution is -2.04. The maximum atomic E-state index is 10.3. The van der Waals surface area contributed by atoms with E-state index in [1.54, 1.807) is 0 Å². The van der Waals surface area contributed by atoms with Gasteiger partial charge in [0.15, 0.2) is 0 Å². The monoisotopic (exact) mass is 154 g/mol. The third-order valence-electron chi connectivity index (χ3n) is 2.04. The van der Waals surface area contributed by atoms with Crippen LogP contribution in [0.15, 0.2) is 12.2 Å². The van der Waals surface area contributed by atoms with E-state index in [0.717, 1.165) is 12.8 Å². The molecule has 0 bridgehead atoms. The summed E-state index contributed by atoms with van der Waals surface area (Å²) in [5, 5.41) is 8.52. The molecule has 0 aromatic rings. The Morgan fingerprint density at radius 2 is 2.36 bits per heavy atom. The number of hydrogen-bond donors (Lipinski definition) is 1. The first-order valence-electron chi connectivity index (χ1n) is 4.17. The average molecular weight is 154 g/mol. The summed E-state index contributed by atoms with van der Waals surface area (Å²) in [5.74, 6) is -0.392. The van der Waals surface area contributed by atoms with Gasteiger partial charge in [0.2, 0.25) is 0 Å². The highest BCUT2D eigenvalue weighted by molar-refractivity contribution is 5.67. The zero-order valence-corrected chi connectivity index (χ0v) is 6.62. The fraction of sp³-hybridized carbons (Fsp3) is 0.667. The van der Waals surface area contributed by atoms with Gasteiger partial charge < -0.3 is 5.11 Å². The Hall–Kier alpha value is -0.790. The Morgan fingerprint density at radius 1 is 1.55 bits per heavy atom. The highest BCUT2D eigenvalue weighted by atomic mass is 16.4. The predicted octanol–water partition coefficient (Wildman–Crippen LogP) is 2.21. The van der Waals surface area contributed by atoms with E-state index < -0.39 is 5.97 Å². The second kappa shape index (κ2) is 4.16. The maximum absolute atomic E-state index is 10.3. The molecule has 0 aliphatic heterocycles. The lowest BCUT2D eigenvalue weighted by Gasteiger charge is -2.05. The van der Waals surface area contributed by atoms with Crippen molar-refractivity contribution in [1.82, 2.24) is 0 Å². The zero-order valence-electron chi connectivity index (χ0n) is 6.62. The fourth-order valence-electron chi connectivity index (χ4n) is 1.45. The van der Waals surface area contributed by atoms with E-state index in [0.29, 0.717) is 6.42 Å². The molecule has 1 rings (SSSR count). The molecule has 2 nitrogen and oxygen atoms in total. The minimum Gasteiger partial charge on any atom is -0.481 e. The van der Waals surface area contributed by atoms with Crippen LogP contribution in [0.3, 0.4) is 0 Å². The smallest absolute Gasteiger partial charge is 0.303 e. The molecular formula is C9H14O2. The Kier molecular flexibility index (Phi) is 3.14. The lowest BCUT2D eigenvalue weighted by molar-refractivity contribution is -0.137. The van der Waals surface area contributed by atoms with Gasteiger partial charge in [0, 0.05) is 0 Å². The SMILES string of the molecule is O=C(O)CC1C=CCCCC1. The summed E-state index contributed by atoms with van der Waals surface area (Å²) in [5.41, 5.74) is 0. The van der Waals surface area contributed by atoms with Crippen molar-refractivity contribution in [2.75, 3.05) is 0 Å². The highest BCUT2D eigenvalue weighted by Crippen LogP contribution is 2.19. The van der Waals surface area contributed by atoms with E-state index in [1.807, 2.05) is 0 Å². The molecule has 1 N–H and O–H groups in total. The Bertz CT molecular complexity index is 161. The summed E-state index contributed by atoms with van der Waals surface area (Å²) in [4.78, 5) is 10.3. The number of hydrogen-bond acceptors (Lipinski definition) is 1. The van der Waals surface area contributed by atoms with Crippen molar-refractivity contribution in [2.24, 2.45) is 5.92 Å². The molecule has 0 radical (unpaired) electrons. The zero-order chi connectivity index (χ0) is 8.10. The number of carboxylic acid groups (broad SMARTS) is 1. The van der Waals surface area contributed by atoms with E-state index in [-0.39, 0.29) is 5.92 Å². The summed E-state index contributed by atoms with van der Waals surface area (Å²) in [7, 11) is 0. The Balaban J connectivity index is 2.36. The molecule has 0 heterocycles. The molecule has 0 aromatic carbocycles. The van der Waals surface area contributed by atoms with Gasteiger partial charge in [-0.1, -0.05) is 18.6 Å². The molecule has 2 heteroatoms. The van der Waals surface area contributed by atoms with Gasteiger partial charge >= 0.3 is 5.97 Å². The molecule has 0 aromatic heterocycles. The van der Waals surface area contributed by atoms with Crippen LogP contribution < -0.4 is 0 Å². The first-order chi connectivity index (χ1) is 5.29. The fourth-order valence-corrected chi connectivity index (χ4v) is 1.45. The van der Waals surface area contributed by atoms with Crippen LogP contribution in [0.25, 0.3) is 0 Å². The summed E-state index contributed by atoms with van der Waals surface area (Å²) >= 11 is 0. The molecule has 1 atom stereocenters. The number of allylic oxidation sites excluding steroid dienone is 2. The van der Waals surface area contributed by atoms with E-state index in [9.17, 15) is 4.79 Å². The predicted molar refractivity (Wildman–Crippen MR) is 43.4 cm³/mol. The summed E-state index contributed by atoms with van der Waals surface area (Å²) in [6, 6.07) is 0. The number of rotatable bonds is 2. The molecule has 0 saturated carbocycles. The van der Waals surface area contributed by atoms with Gasteiger partial charge in [-0.05, 0) is 25.2 Å². The van der Waals surface area contributed by atoms with E-state index in [4.69, 9.17) is 5.11 Å². The molecule has 0 fully saturated rings. The molecule has 0 saturated heterocycles. The Labute approximate surface area is 66.9 Å². The minimum absolute atomic E-state index is 0.287. The van der Waals surface area contributed by atoms with Crippen LogP contribution in [0.5, 0.6) is 0 Å². The van der Waals surface area contributed by atoms with Crippen molar-refractivity contribution < 1.29 is 9.90 Å². The quantitative estimate of drug-likeness (QED) is 0.619. The molecule has 0 amide bonds.